The van der Waals surface area contributed by atoms with E-state index in [9.17, 15) is 13.2 Å². The molecule has 2 aromatic carbocycles. The average molecular weight is 520 g/mol. The molecule has 2 aromatic rings. The number of aliphatic imine (C=N–C) groups is 1. The zero-order valence-electron chi connectivity index (χ0n) is 18.9. The van der Waals surface area contributed by atoms with E-state index in [-0.39, 0.29) is 31.4 Å². The molecule has 1 fully saturated rings. The highest BCUT2D eigenvalue weighted by Crippen LogP contribution is 2.41. The van der Waals surface area contributed by atoms with Gasteiger partial charge >= 0.3 is 0 Å². The average Bonchev–Trinajstić information content (AvgIpc) is 3.32. The van der Waals surface area contributed by atoms with E-state index >= 15 is 0 Å². The van der Waals surface area contributed by atoms with Gasteiger partial charge in [-0.15, -0.1) is 0 Å². The summed E-state index contributed by atoms with van der Waals surface area (Å²) in [5, 5.41) is 8.75. The monoisotopic (exact) mass is 519 g/mol. The predicted molar refractivity (Wildman–Crippen MR) is 132 cm³/mol. The van der Waals surface area contributed by atoms with Crippen LogP contribution in [0.15, 0.2) is 47.5 Å². The second-order valence-corrected chi connectivity index (χ2v) is 11.5. The number of halogens is 2. The molecule has 0 spiro atoms. The second-order valence-electron chi connectivity index (χ2n) is 8.45. The zero-order chi connectivity index (χ0) is 24.8. The van der Waals surface area contributed by atoms with Gasteiger partial charge in [0.15, 0.2) is 5.37 Å². The molecule has 0 saturated carbocycles. The lowest BCUT2D eigenvalue weighted by Gasteiger charge is -2.36. The second kappa shape index (κ2) is 8.86. The number of nitriles is 1. The predicted octanol–water partition coefficient (Wildman–Crippen LogP) is 3.49. The largest absolute Gasteiger partial charge is 0.307 e. The van der Waals surface area contributed by atoms with E-state index in [4.69, 9.17) is 28.5 Å². The molecule has 8 nitrogen and oxygen atoms in total. The molecule has 2 aliphatic heterocycles. The standard InChI is InChI=1S/C23H23Cl2N5O3S/c1-4-28(3)34(32,33)20-14-27-22-29(19-10-17(24)9-18(25)11-19)21(31)23(2,30(20)22)12-15-5-7-16(13-26)8-6-15/h5-11,20H,4,12,14H2,1-3H3/t20?,23-/m1/s1. The lowest BCUT2D eigenvalue weighted by Crippen LogP contribution is -2.57. The molecule has 0 aromatic heterocycles. The summed E-state index contributed by atoms with van der Waals surface area (Å²) >= 11 is 12.4. The number of sulfonamides is 1. The van der Waals surface area contributed by atoms with Crippen molar-refractivity contribution in [3.05, 3.63) is 63.6 Å². The summed E-state index contributed by atoms with van der Waals surface area (Å²) in [7, 11) is -2.28. The van der Waals surface area contributed by atoms with E-state index in [1.54, 1.807) is 61.2 Å². The molecule has 0 radical (unpaired) electrons. The Morgan fingerprint density at radius 3 is 2.38 bits per heavy atom. The first-order chi connectivity index (χ1) is 16.0. The maximum Gasteiger partial charge on any atom is 0.259 e. The summed E-state index contributed by atoms with van der Waals surface area (Å²) in [5.74, 6) is -0.0921. The van der Waals surface area contributed by atoms with Crippen LogP contribution in [0.1, 0.15) is 25.0 Å². The van der Waals surface area contributed by atoms with E-state index in [1.807, 2.05) is 0 Å². The van der Waals surface area contributed by atoms with E-state index in [0.29, 0.717) is 21.3 Å². The number of hydrogen-bond donors (Lipinski definition) is 0. The Hall–Kier alpha value is -2.64. The third-order valence-electron chi connectivity index (χ3n) is 6.25. The van der Waals surface area contributed by atoms with Crippen molar-refractivity contribution in [1.82, 2.24) is 9.21 Å². The molecule has 2 heterocycles. The van der Waals surface area contributed by atoms with Gasteiger partial charge in [-0.25, -0.2) is 22.6 Å². The highest BCUT2D eigenvalue weighted by atomic mass is 35.5. The molecular formula is C23H23Cl2N5O3S. The zero-order valence-corrected chi connectivity index (χ0v) is 21.2. The van der Waals surface area contributed by atoms with Crippen molar-refractivity contribution >= 4 is 50.8 Å². The van der Waals surface area contributed by atoms with Crippen LogP contribution in [0.3, 0.4) is 0 Å². The lowest BCUT2D eigenvalue weighted by atomic mass is 9.90. The fraction of sp³-hybridized carbons (Fsp3) is 0.348. The number of nitrogens with zero attached hydrogens (tertiary/aromatic N) is 5. The number of hydrogen-bond acceptors (Lipinski definition) is 6. The first kappa shape index (κ1) is 24.5. The Labute approximate surface area is 209 Å². The third kappa shape index (κ3) is 3.95. The van der Waals surface area contributed by atoms with E-state index in [2.05, 4.69) is 11.1 Å². The van der Waals surface area contributed by atoms with Crippen LogP contribution in [-0.4, -0.2) is 60.5 Å². The number of guanidine groups is 1. The molecule has 2 aliphatic rings. The Kier molecular flexibility index (Phi) is 6.38. The molecule has 0 N–H and O–H groups in total. The Balaban J connectivity index is 1.84. The van der Waals surface area contributed by atoms with E-state index < -0.39 is 20.9 Å². The minimum atomic E-state index is -3.79. The molecule has 1 amide bonds. The molecule has 178 valence electrons. The summed E-state index contributed by atoms with van der Waals surface area (Å²) in [5.41, 5.74) is 0.434. The summed E-state index contributed by atoms with van der Waals surface area (Å²) < 4.78 is 28.0. The van der Waals surface area contributed by atoms with E-state index in [0.717, 1.165) is 5.56 Å². The minimum Gasteiger partial charge on any atom is -0.307 e. The number of anilines is 1. The number of carbonyl (C=O) groups excluding carboxylic acids is 1. The molecule has 4 rings (SSSR count). The van der Waals surface area contributed by atoms with Gasteiger partial charge in [0.25, 0.3) is 5.91 Å². The fourth-order valence-corrected chi connectivity index (χ4v) is 6.52. The van der Waals surface area contributed by atoms with Crippen LogP contribution in [-0.2, 0) is 21.2 Å². The number of fused-ring (bicyclic) bond motifs is 1. The molecule has 2 atom stereocenters. The van der Waals surface area contributed by atoms with Crippen LogP contribution in [0.2, 0.25) is 10.0 Å². The van der Waals surface area contributed by atoms with Gasteiger partial charge in [-0.3, -0.25) is 4.79 Å². The minimum absolute atomic E-state index is 0.0109. The van der Waals surface area contributed by atoms with E-state index in [1.165, 1.54) is 16.3 Å². The first-order valence-electron chi connectivity index (χ1n) is 10.6. The van der Waals surface area contributed by atoms with Gasteiger partial charge in [-0.2, -0.15) is 5.26 Å². The van der Waals surface area contributed by atoms with Gasteiger partial charge in [0.2, 0.25) is 16.0 Å². The molecule has 0 aliphatic carbocycles. The van der Waals surface area contributed by atoms with Crippen molar-refractivity contribution in [3.63, 3.8) is 0 Å². The maximum absolute atomic E-state index is 14.0. The van der Waals surface area contributed by atoms with Gasteiger partial charge < -0.3 is 4.90 Å². The molecular weight excluding hydrogens is 497 g/mol. The quantitative estimate of drug-likeness (QED) is 0.581. The van der Waals surface area contributed by atoms with Crippen LogP contribution in [0.4, 0.5) is 5.69 Å². The number of carbonyl (C=O) groups is 1. The SMILES string of the molecule is CCN(C)S(=O)(=O)C1CN=C2N(c3cc(Cl)cc(Cl)c3)C(=O)[C@@](C)(Cc3ccc(C#N)cc3)N21. The highest BCUT2D eigenvalue weighted by molar-refractivity contribution is 7.89. The number of amides is 1. The van der Waals surface area contributed by atoms with Gasteiger partial charge in [-0.1, -0.05) is 42.3 Å². The summed E-state index contributed by atoms with van der Waals surface area (Å²) in [6.45, 7) is 3.74. The Morgan fingerprint density at radius 2 is 1.82 bits per heavy atom. The van der Waals surface area contributed by atoms with Crippen LogP contribution < -0.4 is 4.90 Å². The number of benzene rings is 2. The molecule has 0 bridgehead atoms. The van der Waals surface area contributed by atoms with Crippen molar-refractivity contribution in [2.24, 2.45) is 4.99 Å². The first-order valence-corrected chi connectivity index (χ1v) is 12.9. The molecule has 11 heteroatoms. The van der Waals surface area contributed by atoms with Crippen LogP contribution in [0.5, 0.6) is 0 Å². The van der Waals surface area contributed by atoms with Crippen molar-refractivity contribution in [3.8, 4) is 6.07 Å². The van der Waals surface area contributed by atoms with Crippen molar-refractivity contribution in [2.45, 2.75) is 31.2 Å². The topological polar surface area (TPSA) is 97.1 Å². The molecule has 1 unspecified atom stereocenters. The van der Waals surface area contributed by atoms with Crippen molar-refractivity contribution in [1.29, 1.82) is 5.26 Å². The summed E-state index contributed by atoms with van der Waals surface area (Å²) in [4.78, 5) is 21.5. The fourth-order valence-electron chi connectivity index (χ4n) is 4.37. The maximum atomic E-state index is 14.0. The Morgan fingerprint density at radius 1 is 1.21 bits per heavy atom. The van der Waals surface area contributed by atoms with Crippen LogP contribution >= 0.6 is 23.2 Å². The van der Waals surface area contributed by atoms with Gasteiger partial charge in [0.1, 0.15) is 5.54 Å². The summed E-state index contributed by atoms with van der Waals surface area (Å²) in [6, 6.07) is 13.7. The van der Waals surface area contributed by atoms with Crippen LogP contribution in [0, 0.1) is 11.3 Å². The number of rotatable bonds is 6. The van der Waals surface area contributed by atoms with Gasteiger partial charge in [-0.05, 0) is 42.8 Å². The van der Waals surface area contributed by atoms with Crippen molar-refractivity contribution < 1.29 is 13.2 Å². The normalized spacial score (nSPS) is 22.2. The third-order valence-corrected chi connectivity index (χ3v) is 8.86. The summed E-state index contributed by atoms with van der Waals surface area (Å²) in [6.07, 6.45) is 0.212. The van der Waals surface area contributed by atoms with Gasteiger partial charge in [0.05, 0.1) is 23.9 Å². The smallest absolute Gasteiger partial charge is 0.259 e. The van der Waals surface area contributed by atoms with Crippen LogP contribution in [0.25, 0.3) is 0 Å². The molecule has 1 saturated heterocycles. The highest BCUT2D eigenvalue weighted by Gasteiger charge is 2.60. The van der Waals surface area contributed by atoms with Gasteiger partial charge in [0, 0.05) is 30.1 Å². The molecule has 34 heavy (non-hydrogen) atoms. The lowest BCUT2D eigenvalue weighted by molar-refractivity contribution is -0.124. The van der Waals surface area contributed by atoms with Crippen molar-refractivity contribution in [2.75, 3.05) is 25.0 Å². The Bertz CT molecular complexity index is 1300.